The van der Waals surface area contributed by atoms with E-state index >= 15 is 0 Å². The maximum Gasteiger partial charge on any atom is 0.192 e. The van der Waals surface area contributed by atoms with Gasteiger partial charge in [0, 0.05) is 12.6 Å². The first-order chi connectivity index (χ1) is 8.31. The van der Waals surface area contributed by atoms with Crippen molar-refractivity contribution in [2.45, 2.75) is 6.61 Å². The van der Waals surface area contributed by atoms with Crippen LogP contribution in [-0.2, 0) is 11.4 Å². The van der Waals surface area contributed by atoms with Crippen LogP contribution in [0.25, 0.3) is 0 Å². The summed E-state index contributed by atoms with van der Waals surface area (Å²) in [6.45, 7) is 0.433. The molecule has 0 aliphatic carbocycles. The van der Waals surface area contributed by atoms with Gasteiger partial charge in [-0.2, -0.15) is 6.20 Å². The number of hydrogen-bond acceptors (Lipinski definition) is 4. The average Bonchev–Trinajstić information content (AvgIpc) is 2.89. The van der Waals surface area contributed by atoms with E-state index in [1.165, 1.54) is 0 Å². The first-order valence-corrected chi connectivity index (χ1v) is 5.24. The topological polar surface area (TPSA) is 48.7 Å². The molecule has 92 valence electrons. The zero-order chi connectivity index (χ0) is 12.1. The van der Waals surface area contributed by atoms with Gasteiger partial charge >= 0.3 is 0 Å². The summed E-state index contributed by atoms with van der Waals surface area (Å²) >= 11 is 0. The molecule has 0 unspecified atom stereocenters. The smallest absolute Gasteiger partial charge is 0.192 e. The minimum atomic E-state index is 0. The number of hydrogen-bond donors (Lipinski definition) is 0. The number of para-hydroxylation sites is 1. The number of rotatable bonds is 5. The Bertz CT molecular complexity index is 462. The minimum Gasteiger partial charge on any atom is -0.579 e. The molecule has 0 fully saturated rings. The monoisotopic (exact) mass is 499 g/mol. The molecule has 0 spiro atoms. The maximum atomic E-state index is 5.51. The van der Waals surface area contributed by atoms with Crippen molar-refractivity contribution in [2.24, 2.45) is 0 Å². The van der Waals surface area contributed by atoms with Gasteiger partial charge in [0.1, 0.15) is 6.61 Å². The number of ether oxygens (including phenoxy) is 1. The average molecular weight is 499 g/mol. The molecule has 1 heterocycles. The Labute approximate surface area is 99.9 Å². The van der Waals surface area contributed by atoms with Crippen molar-refractivity contribution in [3.63, 3.8) is 0 Å². The Morgan fingerprint density at radius 3 is 2.72 bits per heavy atom. The minimum absolute atomic E-state index is 0. The third kappa shape index (κ3) is 2.76. The van der Waals surface area contributed by atoms with Crippen LogP contribution < -0.4 is 14.9 Å². The molecule has 0 saturated heterocycles. The number of benzene rings is 1. The molecular formula is C12H14N3O2Rf-. The fraction of sp³-hybridized carbons (Fsp3) is 0.250. The number of nitrogens with zero attached hydrogens (tertiary/aromatic N) is 3. The van der Waals surface area contributed by atoms with E-state index in [0.29, 0.717) is 12.5 Å². The Morgan fingerprint density at radius 2 is 2.06 bits per heavy atom. The molecule has 0 saturated carbocycles. The van der Waals surface area contributed by atoms with Gasteiger partial charge in [0.05, 0.1) is 12.8 Å². The first-order valence-electron chi connectivity index (χ1n) is 5.24. The molecule has 6 heteroatoms. The van der Waals surface area contributed by atoms with Gasteiger partial charge in [-0.15, -0.1) is 0 Å². The van der Waals surface area contributed by atoms with Crippen LogP contribution in [0, 0.1) is 0 Å². The normalized spacial score (nSPS) is 9.67. The second-order valence-electron chi connectivity index (χ2n) is 3.47. The van der Waals surface area contributed by atoms with Crippen LogP contribution in [0.2, 0.25) is 0 Å². The molecular weight excluding hydrogens is 485 g/mol. The van der Waals surface area contributed by atoms with E-state index in [0.717, 1.165) is 11.3 Å². The molecule has 2 aromatic rings. The van der Waals surface area contributed by atoms with Crippen LogP contribution in [0.1, 0.15) is 5.56 Å². The fourth-order valence-electron chi connectivity index (χ4n) is 1.49. The molecule has 0 aliphatic heterocycles. The summed E-state index contributed by atoms with van der Waals surface area (Å²) in [5.74, 6) is 0.528. The van der Waals surface area contributed by atoms with Crippen LogP contribution in [0.4, 0.5) is 5.69 Å². The van der Waals surface area contributed by atoms with Crippen LogP contribution >= 0.6 is 0 Å². The summed E-state index contributed by atoms with van der Waals surface area (Å²) in [5, 5.41) is 9.20. The van der Waals surface area contributed by atoms with Crippen molar-refractivity contribution >= 4 is 5.69 Å². The third-order valence-electron chi connectivity index (χ3n) is 2.42. The summed E-state index contributed by atoms with van der Waals surface area (Å²) < 4.78 is 5.51. The Kier molecular flexibility index (Phi) is 4.29. The Hall–Kier alpha value is -3.01. The van der Waals surface area contributed by atoms with Crippen molar-refractivity contribution in [3.05, 3.63) is 42.1 Å². The van der Waals surface area contributed by atoms with Gasteiger partial charge in [0.2, 0.25) is 0 Å². The fourth-order valence-corrected chi connectivity index (χ4v) is 1.49. The maximum absolute atomic E-state index is 5.51. The largest absolute Gasteiger partial charge is 0.579 e. The second-order valence-corrected chi connectivity index (χ2v) is 3.47. The molecule has 1 aromatic carbocycles. The van der Waals surface area contributed by atoms with Gasteiger partial charge in [0.15, 0.2) is 5.88 Å². The van der Waals surface area contributed by atoms with Crippen molar-refractivity contribution in [2.75, 3.05) is 19.2 Å². The van der Waals surface area contributed by atoms with Gasteiger partial charge in [-0.1, -0.05) is 18.2 Å². The predicted molar refractivity (Wildman–Crippen MR) is 63.7 cm³/mol. The van der Waals surface area contributed by atoms with Gasteiger partial charge in [0.25, 0.3) is 0 Å². The molecule has 5 nitrogen and oxygen atoms in total. The van der Waals surface area contributed by atoms with Crippen LogP contribution in [0.5, 0.6) is 5.88 Å². The molecule has 1 aromatic heterocycles. The molecule has 0 amide bonds. The number of anilines is 1. The zero-order valence-corrected chi connectivity index (χ0v) is 16.9. The van der Waals surface area contributed by atoms with E-state index in [2.05, 4.69) is 10.2 Å². The molecule has 0 bridgehead atoms. The standard InChI is InChI=1S/C12H14N3O2.Rf/c1-15(16-2)11-6-4-3-5-10(11)9-17-12-7-8-13-14-12;/h3-8H,9H2,1-2H3;/q-1;. The summed E-state index contributed by atoms with van der Waals surface area (Å²) in [4.78, 5) is 5.16. The SMILES string of the molecule is CON(C)c1ccccc1COc1cc[n-]n1.[Rf]. The van der Waals surface area contributed by atoms with Gasteiger partial charge in [-0.25, -0.2) is 0 Å². The third-order valence-corrected chi connectivity index (χ3v) is 2.42. The van der Waals surface area contributed by atoms with Gasteiger partial charge in [-0.3, -0.25) is 9.90 Å². The van der Waals surface area contributed by atoms with E-state index in [-0.39, 0.29) is 0 Å². The van der Waals surface area contributed by atoms with Crippen molar-refractivity contribution < 1.29 is 9.57 Å². The van der Waals surface area contributed by atoms with Crippen molar-refractivity contribution in [1.82, 2.24) is 10.2 Å². The van der Waals surface area contributed by atoms with Crippen LogP contribution in [-0.4, -0.2) is 19.3 Å². The molecule has 0 radical (unpaired) electrons. The van der Waals surface area contributed by atoms with Crippen LogP contribution in [0.3, 0.4) is 0 Å². The predicted octanol–water partition coefficient (Wildman–Crippen LogP) is 1.62. The van der Waals surface area contributed by atoms with Crippen LogP contribution in [0.15, 0.2) is 36.5 Å². The molecule has 0 atom stereocenters. The van der Waals surface area contributed by atoms with E-state index in [1.54, 1.807) is 24.4 Å². The van der Waals surface area contributed by atoms with E-state index in [4.69, 9.17) is 9.57 Å². The number of hydroxylamine groups is 1. The molecule has 2 rings (SSSR count). The number of aromatic nitrogens is 2. The van der Waals surface area contributed by atoms with Crippen molar-refractivity contribution in [1.29, 1.82) is 0 Å². The Morgan fingerprint density at radius 1 is 1.28 bits per heavy atom. The van der Waals surface area contributed by atoms with Gasteiger partial charge in [-0.05, 0) is 12.1 Å². The van der Waals surface area contributed by atoms with E-state index < -0.39 is 0 Å². The summed E-state index contributed by atoms with van der Waals surface area (Å²) in [6.07, 6.45) is 1.60. The first kappa shape index (κ1) is 13.1. The van der Waals surface area contributed by atoms with E-state index in [1.807, 2.05) is 31.3 Å². The Balaban J connectivity index is 0.00000162. The zero-order valence-electron chi connectivity index (χ0n) is 10.5. The van der Waals surface area contributed by atoms with Crippen molar-refractivity contribution in [3.8, 4) is 5.88 Å². The molecule has 0 aliphatic rings. The van der Waals surface area contributed by atoms with E-state index in [9.17, 15) is 0 Å². The van der Waals surface area contributed by atoms with Gasteiger partial charge < -0.3 is 14.9 Å². The second kappa shape index (κ2) is 5.91. The molecule has 0 N–H and O–H groups in total. The quantitative estimate of drug-likeness (QED) is 0.586. The molecule has 18 heavy (non-hydrogen) atoms. The summed E-state index contributed by atoms with van der Waals surface area (Å²) in [5.41, 5.74) is 1.99. The summed E-state index contributed by atoms with van der Waals surface area (Å²) in [6, 6.07) is 9.60. The summed E-state index contributed by atoms with van der Waals surface area (Å²) in [7, 11) is 3.47.